The first-order chi connectivity index (χ1) is 8.93. The molecule has 104 valence electrons. The molecular weight excluding hydrogens is 240 g/mol. The highest BCUT2D eigenvalue weighted by molar-refractivity contribution is 5.97. The minimum absolute atomic E-state index is 0.153. The SMILES string of the molecule is CCCNC(=O)[C@H](C)NC(=O)c1cc(C)cc(C)c1. The van der Waals surface area contributed by atoms with E-state index in [1.165, 1.54) is 0 Å². The smallest absolute Gasteiger partial charge is 0.251 e. The van der Waals surface area contributed by atoms with E-state index in [-0.39, 0.29) is 11.8 Å². The van der Waals surface area contributed by atoms with Gasteiger partial charge in [0.15, 0.2) is 0 Å². The van der Waals surface area contributed by atoms with E-state index in [2.05, 4.69) is 10.6 Å². The molecule has 2 N–H and O–H groups in total. The predicted molar refractivity (Wildman–Crippen MR) is 76.1 cm³/mol. The number of aryl methyl sites for hydroxylation is 2. The molecule has 0 radical (unpaired) electrons. The van der Waals surface area contributed by atoms with Crippen LogP contribution in [0.25, 0.3) is 0 Å². The fourth-order valence-electron chi connectivity index (χ4n) is 1.85. The van der Waals surface area contributed by atoms with E-state index in [1.54, 1.807) is 6.92 Å². The van der Waals surface area contributed by atoms with Crippen LogP contribution in [0, 0.1) is 13.8 Å². The van der Waals surface area contributed by atoms with Crippen LogP contribution in [0.15, 0.2) is 18.2 Å². The molecule has 0 aliphatic rings. The molecule has 0 aromatic heterocycles. The van der Waals surface area contributed by atoms with Gasteiger partial charge in [0.05, 0.1) is 0 Å². The summed E-state index contributed by atoms with van der Waals surface area (Å²) >= 11 is 0. The summed E-state index contributed by atoms with van der Waals surface area (Å²) in [7, 11) is 0. The van der Waals surface area contributed by atoms with E-state index in [4.69, 9.17) is 0 Å². The maximum Gasteiger partial charge on any atom is 0.251 e. The molecule has 2 amide bonds. The highest BCUT2D eigenvalue weighted by Gasteiger charge is 2.16. The zero-order valence-electron chi connectivity index (χ0n) is 12.0. The quantitative estimate of drug-likeness (QED) is 0.852. The first-order valence-corrected chi connectivity index (χ1v) is 6.61. The van der Waals surface area contributed by atoms with Crippen LogP contribution < -0.4 is 10.6 Å². The molecule has 0 bridgehead atoms. The van der Waals surface area contributed by atoms with Crippen LogP contribution in [-0.2, 0) is 4.79 Å². The Morgan fingerprint density at radius 2 is 1.74 bits per heavy atom. The second-order valence-electron chi connectivity index (χ2n) is 4.86. The van der Waals surface area contributed by atoms with Gasteiger partial charge in [0.25, 0.3) is 5.91 Å². The summed E-state index contributed by atoms with van der Waals surface area (Å²) in [4.78, 5) is 23.7. The number of carbonyl (C=O) groups is 2. The molecule has 0 spiro atoms. The zero-order valence-corrected chi connectivity index (χ0v) is 12.0. The summed E-state index contributed by atoms with van der Waals surface area (Å²) in [5.41, 5.74) is 2.66. The van der Waals surface area contributed by atoms with Crippen LogP contribution in [-0.4, -0.2) is 24.4 Å². The zero-order chi connectivity index (χ0) is 14.4. The summed E-state index contributed by atoms with van der Waals surface area (Å²) in [6.07, 6.45) is 0.878. The van der Waals surface area contributed by atoms with Crippen LogP contribution in [0.4, 0.5) is 0 Å². The normalized spacial score (nSPS) is 11.8. The monoisotopic (exact) mass is 262 g/mol. The molecular formula is C15H22N2O2. The molecule has 1 atom stereocenters. The number of nitrogens with one attached hydrogen (secondary N) is 2. The lowest BCUT2D eigenvalue weighted by atomic mass is 10.1. The minimum Gasteiger partial charge on any atom is -0.354 e. The number of carbonyl (C=O) groups excluding carboxylic acids is 2. The topological polar surface area (TPSA) is 58.2 Å². The Bertz CT molecular complexity index is 449. The lowest BCUT2D eigenvalue weighted by Crippen LogP contribution is -2.45. The second-order valence-corrected chi connectivity index (χ2v) is 4.86. The van der Waals surface area contributed by atoms with E-state index >= 15 is 0 Å². The van der Waals surface area contributed by atoms with Crippen LogP contribution in [0.3, 0.4) is 0 Å². The predicted octanol–water partition coefficient (Wildman–Crippen LogP) is 1.95. The molecule has 1 rings (SSSR count). The maximum atomic E-state index is 12.0. The minimum atomic E-state index is -0.528. The van der Waals surface area contributed by atoms with Crippen molar-refractivity contribution in [3.05, 3.63) is 34.9 Å². The van der Waals surface area contributed by atoms with Crippen molar-refractivity contribution >= 4 is 11.8 Å². The fourth-order valence-corrected chi connectivity index (χ4v) is 1.85. The van der Waals surface area contributed by atoms with Crippen molar-refractivity contribution in [2.45, 2.75) is 40.2 Å². The van der Waals surface area contributed by atoms with Gasteiger partial charge in [0, 0.05) is 12.1 Å². The van der Waals surface area contributed by atoms with Gasteiger partial charge in [-0.3, -0.25) is 9.59 Å². The Morgan fingerprint density at radius 1 is 1.16 bits per heavy atom. The van der Waals surface area contributed by atoms with Crippen molar-refractivity contribution < 1.29 is 9.59 Å². The lowest BCUT2D eigenvalue weighted by Gasteiger charge is -2.14. The van der Waals surface area contributed by atoms with Crippen molar-refractivity contribution in [3.63, 3.8) is 0 Å². The Hall–Kier alpha value is -1.84. The Labute approximate surface area is 114 Å². The van der Waals surface area contributed by atoms with E-state index < -0.39 is 6.04 Å². The van der Waals surface area contributed by atoms with E-state index in [9.17, 15) is 9.59 Å². The number of hydrogen-bond donors (Lipinski definition) is 2. The molecule has 19 heavy (non-hydrogen) atoms. The third-order valence-electron chi connectivity index (χ3n) is 2.77. The highest BCUT2D eigenvalue weighted by Crippen LogP contribution is 2.08. The van der Waals surface area contributed by atoms with Gasteiger partial charge in [0.2, 0.25) is 5.91 Å². The number of amides is 2. The molecule has 0 saturated carbocycles. The molecule has 4 heteroatoms. The summed E-state index contributed by atoms with van der Waals surface area (Å²) in [5, 5.41) is 5.47. The molecule has 4 nitrogen and oxygen atoms in total. The molecule has 0 aliphatic carbocycles. The average Bonchev–Trinajstić information content (AvgIpc) is 2.34. The summed E-state index contributed by atoms with van der Waals surface area (Å²) < 4.78 is 0. The number of benzene rings is 1. The van der Waals surface area contributed by atoms with Crippen LogP contribution in [0.2, 0.25) is 0 Å². The standard InChI is InChI=1S/C15H22N2O2/c1-5-6-16-14(18)12(4)17-15(19)13-8-10(2)7-11(3)9-13/h7-9,12H,5-6H2,1-4H3,(H,16,18)(H,17,19)/t12-/m0/s1. The van der Waals surface area contributed by atoms with Gasteiger partial charge in [-0.05, 0) is 39.3 Å². The molecule has 0 heterocycles. The van der Waals surface area contributed by atoms with Gasteiger partial charge in [0.1, 0.15) is 6.04 Å². The number of hydrogen-bond acceptors (Lipinski definition) is 2. The first-order valence-electron chi connectivity index (χ1n) is 6.61. The molecule has 1 aromatic rings. The van der Waals surface area contributed by atoms with Gasteiger partial charge in [-0.1, -0.05) is 24.1 Å². The second kappa shape index (κ2) is 6.92. The van der Waals surface area contributed by atoms with Crippen molar-refractivity contribution in [1.29, 1.82) is 0 Å². The molecule has 1 aromatic carbocycles. The van der Waals surface area contributed by atoms with E-state index in [0.29, 0.717) is 12.1 Å². The number of rotatable bonds is 5. The average molecular weight is 262 g/mol. The Balaban J connectivity index is 2.66. The van der Waals surface area contributed by atoms with E-state index in [1.807, 2.05) is 39.0 Å². The molecule has 0 unspecified atom stereocenters. The van der Waals surface area contributed by atoms with Gasteiger partial charge >= 0.3 is 0 Å². The van der Waals surface area contributed by atoms with Gasteiger partial charge < -0.3 is 10.6 Å². The Kier molecular flexibility index (Phi) is 5.55. The molecule has 0 aliphatic heterocycles. The van der Waals surface area contributed by atoms with Crippen molar-refractivity contribution in [2.75, 3.05) is 6.54 Å². The third kappa shape index (κ3) is 4.73. The first kappa shape index (κ1) is 15.2. The summed E-state index contributed by atoms with van der Waals surface area (Å²) in [6.45, 7) is 8.19. The Morgan fingerprint density at radius 3 is 2.26 bits per heavy atom. The third-order valence-corrected chi connectivity index (χ3v) is 2.77. The van der Waals surface area contributed by atoms with Gasteiger partial charge in [-0.2, -0.15) is 0 Å². The maximum absolute atomic E-state index is 12.0. The summed E-state index contributed by atoms with van der Waals surface area (Å²) in [6, 6.07) is 5.12. The lowest BCUT2D eigenvalue weighted by molar-refractivity contribution is -0.122. The fraction of sp³-hybridized carbons (Fsp3) is 0.467. The largest absolute Gasteiger partial charge is 0.354 e. The highest BCUT2D eigenvalue weighted by atomic mass is 16.2. The van der Waals surface area contributed by atoms with Crippen molar-refractivity contribution in [1.82, 2.24) is 10.6 Å². The van der Waals surface area contributed by atoms with Crippen LogP contribution >= 0.6 is 0 Å². The van der Waals surface area contributed by atoms with Gasteiger partial charge in [-0.25, -0.2) is 0 Å². The van der Waals surface area contributed by atoms with Crippen LogP contribution in [0.1, 0.15) is 41.8 Å². The molecule has 0 saturated heterocycles. The molecule has 0 fully saturated rings. The van der Waals surface area contributed by atoms with Crippen LogP contribution in [0.5, 0.6) is 0 Å². The van der Waals surface area contributed by atoms with Crippen molar-refractivity contribution in [2.24, 2.45) is 0 Å². The van der Waals surface area contributed by atoms with Gasteiger partial charge in [-0.15, -0.1) is 0 Å². The van der Waals surface area contributed by atoms with Crippen molar-refractivity contribution in [3.8, 4) is 0 Å². The summed E-state index contributed by atoms with van der Waals surface area (Å²) in [5.74, 6) is -0.370. The van der Waals surface area contributed by atoms with E-state index in [0.717, 1.165) is 17.5 Å².